The first-order valence-electron chi connectivity index (χ1n) is 14.8. The molecule has 4 rings (SSSR count). The SMILES string of the molecule is O=C(CCCCC(=O)Nc1cccc(OCCCc2ccccc2)c1)Nc1cccc(OCCCc2ccccc2)c1. The van der Waals surface area contributed by atoms with Gasteiger partial charge in [0.2, 0.25) is 11.8 Å². The molecule has 2 amide bonds. The molecule has 0 saturated carbocycles. The van der Waals surface area contributed by atoms with Gasteiger partial charge in [-0.05, 0) is 73.9 Å². The Morgan fingerprint density at radius 1 is 0.500 bits per heavy atom. The molecule has 0 unspecified atom stereocenters. The van der Waals surface area contributed by atoms with Gasteiger partial charge in [0.1, 0.15) is 11.5 Å². The van der Waals surface area contributed by atoms with Crippen LogP contribution in [0.1, 0.15) is 49.7 Å². The number of ether oxygens (including phenoxy) is 2. The standard InChI is InChI=1S/C36H40N2O4/c39-35(37-31-19-9-21-33(27-31)41-25-11-17-29-13-3-1-4-14-29)23-7-8-24-36(40)38-32-20-10-22-34(28-32)42-26-12-18-30-15-5-2-6-16-30/h1-6,9-10,13-16,19-22,27-28H,7-8,11-12,17-18,23-26H2,(H,37,39)(H,38,40). The van der Waals surface area contributed by atoms with Gasteiger partial charge in [0.15, 0.2) is 0 Å². The smallest absolute Gasteiger partial charge is 0.224 e. The van der Waals surface area contributed by atoms with Crippen molar-refractivity contribution >= 4 is 23.2 Å². The predicted octanol–water partition coefficient (Wildman–Crippen LogP) is 7.85. The third-order valence-electron chi connectivity index (χ3n) is 6.74. The molecular weight excluding hydrogens is 524 g/mol. The number of benzene rings is 4. The van der Waals surface area contributed by atoms with Crippen molar-refractivity contribution in [2.45, 2.75) is 51.4 Å². The molecule has 4 aromatic carbocycles. The normalized spacial score (nSPS) is 10.6. The van der Waals surface area contributed by atoms with E-state index in [1.807, 2.05) is 84.9 Å². The van der Waals surface area contributed by atoms with Crippen molar-refractivity contribution in [1.82, 2.24) is 0 Å². The molecule has 0 aromatic heterocycles. The molecule has 42 heavy (non-hydrogen) atoms. The van der Waals surface area contributed by atoms with Crippen LogP contribution in [-0.4, -0.2) is 25.0 Å². The maximum absolute atomic E-state index is 12.4. The molecule has 0 atom stereocenters. The number of amides is 2. The Labute approximate surface area is 249 Å². The lowest BCUT2D eigenvalue weighted by Gasteiger charge is -2.10. The summed E-state index contributed by atoms with van der Waals surface area (Å²) in [6, 6.07) is 35.6. The van der Waals surface area contributed by atoms with E-state index in [-0.39, 0.29) is 11.8 Å². The summed E-state index contributed by atoms with van der Waals surface area (Å²) >= 11 is 0. The van der Waals surface area contributed by atoms with E-state index in [1.165, 1.54) is 11.1 Å². The molecule has 0 fully saturated rings. The number of hydrogen-bond acceptors (Lipinski definition) is 4. The zero-order chi connectivity index (χ0) is 29.2. The minimum Gasteiger partial charge on any atom is -0.494 e. The molecule has 0 aliphatic heterocycles. The number of carbonyl (C=O) groups is 2. The monoisotopic (exact) mass is 564 g/mol. The molecule has 6 nitrogen and oxygen atoms in total. The average molecular weight is 565 g/mol. The molecule has 0 radical (unpaired) electrons. The van der Waals surface area contributed by atoms with Gasteiger partial charge in [-0.1, -0.05) is 72.8 Å². The molecule has 0 aliphatic rings. The second-order valence-electron chi connectivity index (χ2n) is 10.2. The largest absolute Gasteiger partial charge is 0.494 e. The number of aryl methyl sites for hydroxylation is 2. The molecule has 218 valence electrons. The van der Waals surface area contributed by atoms with Gasteiger partial charge >= 0.3 is 0 Å². The quantitative estimate of drug-likeness (QED) is 0.128. The van der Waals surface area contributed by atoms with Gasteiger partial charge in [0, 0.05) is 36.3 Å². The molecular formula is C36H40N2O4. The van der Waals surface area contributed by atoms with Crippen molar-refractivity contribution in [3.8, 4) is 11.5 Å². The summed E-state index contributed by atoms with van der Waals surface area (Å²) in [5.41, 5.74) is 4.01. The minimum absolute atomic E-state index is 0.0752. The van der Waals surface area contributed by atoms with Gasteiger partial charge in [0.05, 0.1) is 13.2 Å². The van der Waals surface area contributed by atoms with E-state index < -0.39 is 0 Å². The van der Waals surface area contributed by atoms with Crippen molar-refractivity contribution in [2.24, 2.45) is 0 Å². The van der Waals surface area contributed by atoms with Crippen LogP contribution in [0.25, 0.3) is 0 Å². The topological polar surface area (TPSA) is 76.7 Å². The van der Waals surface area contributed by atoms with Crippen molar-refractivity contribution in [2.75, 3.05) is 23.8 Å². The van der Waals surface area contributed by atoms with Crippen LogP contribution in [0.2, 0.25) is 0 Å². The van der Waals surface area contributed by atoms with Crippen molar-refractivity contribution in [3.05, 3.63) is 120 Å². The summed E-state index contributed by atoms with van der Waals surface area (Å²) < 4.78 is 11.7. The first kappa shape index (κ1) is 30.4. The Kier molecular flexibility index (Phi) is 12.5. The number of nitrogens with one attached hydrogen (secondary N) is 2. The second-order valence-corrected chi connectivity index (χ2v) is 10.2. The Hall–Kier alpha value is -4.58. The molecule has 0 aliphatic carbocycles. The van der Waals surface area contributed by atoms with Gasteiger partial charge in [-0.25, -0.2) is 0 Å². The van der Waals surface area contributed by atoms with Crippen LogP contribution in [0.15, 0.2) is 109 Å². The highest BCUT2D eigenvalue weighted by Gasteiger charge is 2.07. The Bertz CT molecular complexity index is 1270. The maximum atomic E-state index is 12.4. The summed E-state index contributed by atoms with van der Waals surface area (Å²) in [6.45, 7) is 1.22. The Balaban J connectivity index is 1.08. The fourth-order valence-corrected chi connectivity index (χ4v) is 4.57. The van der Waals surface area contributed by atoms with Gasteiger partial charge in [-0.3, -0.25) is 9.59 Å². The zero-order valence-corrected chi connectivity index (χ0v) is 24.1. The first-order valence-corrected chi connectivity index (χ1v) is 14.8. The molecule has 0 bridgehead atoms. The van der Waals surface area contributed by atoms with Gasteiger partial charge in [-0.15, -0.1) is 0 Å². The second kappa shape index (κ2) is 17.3. The van der Waals surface area contributed by atoms with Gasteiger partial charge < -0.3 is 20.1 Å². The molecule has 4 aromatic rings. The third-order valence-corrected chi connectivity index (χ3v) is 6.74. The van der Waals surface area contributed by atoms with Gasteiger partial charge in [-0.2, -0.15) is 0 Å². The fourth-order valence-electron chi connectivity index (χ4n) is 4.57. The van der Waals surface area contributed by atoms with Crippen molar-refractivity contribution in [3.63, 3.8) is 0 Å². The summed E-state index contributed by atoms with van der Waals surface area (Å²) in [5.74, 6) is 1.32. The van der Waals surface area contributed by atoms with Crippen LogP contribution in [0, 0.1) is 0 Å². The van der Waals surface area contributed by atoms with E-state index >= 15 is 0 Å². The summed E-state index contributed by atoms with van der Waals surface area (Å²) in [4.78, 5) is 24.9. The van der Waals surface area contributed by atoms with Crippen molar-refractivity contribution < 1.29 is 19.1 Å². The van der Waals surface area contributed by atoms with Crippen LogP contribution in [0.3, 0.4) is 0 Å². The predicted molar refractivity (Wildman–Crippen MR) is 169 cm³/mol. The zero-order valence-electron chi connectivity index (χ0n) is 24.1. The van der Waals surface area contributed by atoms with Gasteiger partial charge in [0.25, 0.3) is 0 Å². The van der Waals surface area contributed by atoms with Crippen LogP contribution in [0.5, 0.6) is 11.5 Å². The minimum atomic E-state index is -0.0752. The lowest BCUT2D eigenvalue weighted by Crippen LogP contribution is -2.13. The highest BCUT2D eigenvalue weighted by Crippen LogP contribution is 2.20. The number of rotatable bonds is 17. The summed E-state index contributed by atoms with van der Waals surface area (Å²) in [7, 11) is 0. The maximum Gasteiger partial charge on any atom is 0.224 e. The summed E-state index contributed by atoms with van der Waals surface area (Å²) in [6.07, 6.45) is 5.71. The molecule has 0 saturated heterocycles. The molecule has 0 heterocycles. The van der Waals surface area contributed by atoms with E-state index in [0.29, 0.717) is 50.3 Å². The number of unbranched alkanes of at least 4 members (excludes halogenated alkanes) is 1. The average Bonchev–Trinajstić information content (AvgIpc) is 3.01. The van der Waals surface area contributed by atoms with E-state index in [0.717, 1.165) is 37.2 Å². The van der Waals surface area contributed by atoms with Crippen LogP contribution in [0.4, 0.5) is 11.4 Å². The van der Waals surface area contributed by atoms with Crippen LogP contribution in [-0.2, 0) is 22.4 Å². The molecule has 2 N–H and O–H groups in total. The van der Waals surface area contributed by atoms with Crippen LogP contribution < -0.4 is 20.1 Å². The first-order chi connectivity index (χ1) is 20.6. The van der Waals surface area contributed by atoms with E-state index in [1.54, 1.807) is 0 Å². The number of anilines is 2. The van der Waals surface area contributed by atoms with Crippen LogP contribution >= 0.6 is 0 Å². The number of carbonyl (C=O) groups excluding carboxylic acids is 2. The molecule has 0 spiro atoms. The van der Waals surface area contributed by atoms with Crippen molar-refractivity contribution in [1.29, 1.82) is 0 Å². The fraction of sp³-hybridized carbons (Fsp3) is 0.278. The number of hydrogen-bond donors (Lipinski definition) is 2. The Morgan fingerprint density at radius 3 is 1.36 bits per heavy atom. The third kappa shape index (κ3) is 11.5. The lowest BCUT2D eigenvalue weighted by atomic mass is 10.1. The Morgan fingerprint density at radius 2 is 0.929 bits per heavy atom. The van der Waals surface area contributed by atoms with E-state index in [4.69, 9.17) is 9.47 Å². The molecule has 6 heteroatoms. The highest BCUT2D eigenvalue weighted by molar-refractivity contribution is 5.92. The summed E-state index contributed by atoms with van der Waals surface area (Å²) in [5, 5.41) is 5.86. The van der Waals surface area contributed by atoms with E-state index in [2.05, 4.69) is 34.9 Å². The highest BCUT2D eigenvalue weighted by atomic mass is 16.5. The van der Waals surface area contributed by atoms with E-state index in [9.17, 15) is 9.59 Å². The lowest BCUT2D eigenvalue weighted by molar-refractivity contribution is -0.118.